The van der Waals surface area contributed by atoms with Gasteiger partial charge in [0.1, 0.15) is 23.9 Å². The highest BCUT2D eigenvalue weighted by Gasteiger charge is 2.83. The molecule has 2 bridgehead atoms. The number of Topliss-reactive ketones (excluding diaryl/α,β-unsaturated/α-hetero) is 1. The molecule has 0 radical (unpaired) electrons. The number of ketones is 1. The van der Waals surface area contributed by atoms with E-state index in [0.29, 0.717) is 5.56 Å². The van der Waals surface area contributed by atoms with Gasteiger partial charge in [0.15, 0.2) is 11.9 Å². The molecule has 1 spiro atoms. The lowest BCUT2D eigenvalue weighted by molar-refractivity contribution is -0.316. The minimum atomic E-state index is -2.19. The van der Waals surface area contributed by atoms with Crippen LogP contribution in [0.15, 0.2) is 35.2 Å². The van der Waals surface area contributed by atoms with Gasteiger partial charge in [-0.3, -0.25) is 24.0 Å². The van der Waals surface area contributed by atoms with Crippen molar-refractivity contribution in [1.82, 2.24) is 0 Å². The van der Waals surface area contributed by atoms with E-state index in [4.69, 9.17) is 32.8 Å². The Morgan fingerprint density at radius 2 is 1.60 bits per heavy atom. The van der Waals surface area contributed by atoms with Crippen LogP contribution in [-0.4, -0.2) is 84.0 Å². The molecule has 0 unspecified atom stereocenters. The number of esters is 5. The maximum Gasteiger partial charge on any atom is 0.351 e. The summed E-state index contributed by atoms with van der Waals surface area (Å²) in [6, 6.07) is 1.51. The van der Waals surface area contributed by atoms with Crippen molar-refractivity contribution >= 4 is 35.6 Å². The number of hydrogen-bond donors (Lipinski definition) is 1. The third-order valence-electron chi connectivity index (χ3n) is 10.9. The Balaban J connectivity index is 1.86. The number of aliphatic hydroxyl groups excluding tert-OH is 1. The largest absolute Gasteiger partial charge is 0.472 e. The minimum absolute atomic E-state index is 0.0789. The molecule has 11 atom stereocenters. The molecule has 4 aliphatic rings. The maximum atomic E-state index is 15.2. The topological polar surface area (TPSA) is 191 Å². The molecule has 4 fully saturated rings. The Morgan fingerprint density at radius 1 is 0.979 bits per heavy atom. The maximum absolute atomic E-state index is 15.2. The van der Waals surface area contributed by atoms with Crippen LogP contribution in [0.4, 0.5) is 0 Å². The molecule has 47 heavy (non-hydrogen) atoms. The van der Waals surface area contributed by atoms with Crippen LogP contribution in [0.1, 0.15) is 66.6 Å². The predicted octanol–water partition coefficient (Wildman–Crippen LogP) is 2.16. The van der Waals surface area contributed by atoms with Crippen LogP contribution < -0.4 is 0 Å². The average Bonchev–Trinajstić information content (AvgIpc) is 3.55. The lowest BCUT2D eigenvalue weighted by Crippen LogP contribution is -2.74. The molecule has 14 heteroatoms. The van der Waals surface area contributed by atoms with E-state index < -0.39 is 106 Å². The summed E-state index contributed by atoms with van der Waals surface area (Å²) in [7, 11) is 1.18. The monoisotopic (exact) mass is 660 g/mol. The molecule has 2 aliphatic carbocycles. The molecule has 1 aromatic heterocycles. The highest BCUT2D eigenvalue weighted by atomic mass is 16.6. The molecule has 1 N–H and O–H groups in total. The number of methoxy groups -OCH3 is 1. The third-order valence-corrected chi connectivity index (χ3v) is 10.9. The smallest absolute Gasteiger partial charge is 0.351 e. The van der Waals surface area contributed by atoms with E-state index in [1.54, 1.807) is 13.8 Å². The number of hydrogen-bond acceptors (Lipinski definition) is 14. The van der Waals surface area contributed by atoms with Crippen molar-refractivity contribution in [3.63, 3.8) is 0 Å². The first-order chi connectivity index (χ1) is 21.8. The van der Waals surface area contributed by atoms with E-state index in [2.05, 4.69) is 6.58 Å². The van der Waals surface area contributed by atoms with Crippen LogP contribution >= 0.6 is 0 Å². The van der Waals surface area contributed by atoms with Crippen molar-refractivity contribution in [2.75, 3.05) is 7.11 Å². The molecular weight excluding hydrogens is 620 g/mol. The van der Waals surface area contributed by atoms with E-state index in [9.17, 15) is 29.1 Å². The van der Waals surface area contributed by atoms with Crippen molar-refractivity contribution < 1.29 is 66.7 Å². The third kappa shape index (κ3) is 4.58. The zero-order valence-corrected chi connectivity index (χ0v) is 27.5. The van der Waals surface area contributed by atoms with Gasteiger partial charge in [-0.1, -0.05) is 20.4 Å². The summed E-state index contributed by atoms with van der Waals surface area (Å²) in [4.78, 5) is 79.9. The highest BCUT2D eigenvalue weighted by molar-refractivity contribution is 5.95. The van der Waals surface area contributed by atoms with Crippen LogP contribution in [0.3, 0.4) is 0 Å². The van der Waals surface area contributed by atoms with Crippen molar-refractivity contribution in [2.24, 2.45) is 28.1 Å². The van der Waals surface area contributed by atoms with Gasteiger partial charge in [-0.05, 0) is 31.4 Å². The lowest BCUT2D eigenvalue weighted by Gasteiger charge is -2.62. The molecule has 2 saturated carbocycles. The van der Waals surface area contributed by atoms with Crippen molar-refractivity contribution in [3.05, 3.63) is 36.3 Å². The molecule has 3 heterocycles. The van der Waals surface area contributed by atoms with E-state index in [0.717, 1.165) is 20.8 Å². The van der Waals surface area contributed by atoms with E-state index in [1.165, 1.54) is 39.5 Å². The second-order valence-corrected chi connectivity index (χ2v) is 13.8. The number of ether oxygens (including phenoxy) is 6. The SMILES string of the molecule is C=C1[C@@H]2C(=O)[C@@]3(C)[C@@H](O[C@@]14[C@@H](OC(C)=O)C(=O)O[C@@H](c1ccoc1)[C@]4(C)[C@H]2O)[C@@H](OC(C)=O)[C@H](OC(C)=O)C(C)(C)[C@@H]3CC(=O)OC. The van der Waals surface area contributed by atoms with Gasteiger partial charge in [-0.15, -0.1) is 0 Å². The van der Waals surface area contributed by atoms with E-state index in [-0.39, 0.29) is 12.0 Å². The van der Waals surface area contributed by atoms with E-state index in [1.807, 2.05) is 0 Å². The number of fused-ring (bicyclic) bond motifs is 2. The predicted molar refractivity (Wildman–Crippen MR) is 156 cm³/mol. The summed E-state index contributed by atoms with van der Waals surface area (Å²) in [5, 5.41) is 12.3. The molecule has 5 rings (SSSR count). The summed E-state index contributed by atoms with van der Waals surface area (Å²) < 4.78 is 40.3. The number of carbonyl (C=O) groups is 6. The molecule has 1 aromatic rings. The zero-order chi connectivity index (χ0) is 35.0. The Hall–Kier alpha value is -4.04. The Labute approximate surface area is 271 Å². The number of cyclic esters (lactones) is 1. The molecule has 0 aromatic carbocycles. The van der Waals surface area contributed by atoms with Crippen LogP contribution in [0.5, 0.6) is 0 Å². The normalized spacial score (nSPS) is 40.2. The molecule has 2 aliphatic heterocycles. The van der Waals surface area contributed by atoms with Gasteiger partial charge in [0.25, 0.3) is 0 Å². The Bertz CT molecular complexity index is 1530. The summed E-state index contributed by atoms with van der Waals surface area (Å²) >= 11 is 0. The number of furan rings is 1. The second kappa shape index (κ2) is 11.3. The zero-order valence-electron chi connectivity index (χ0n) is 27.5. The van der Waals surface area contributed by atoms with Gasteiger partial charge < -0.3 is 37.9 Å². The summed E-state index contributed by atoms with van der Waals surface area (Å²) in [6.07, 6.45) is -6.95. The molecule has 14 nitrogen and oxygen atoms in total. The molecule has 0 amide bonds. The van der Waals surface area contributed by atoms with Gasteiger partial charge in [0.05, 0.1) is 48.9 Å². The Kier molecular flexibility index (Phi) is 8.24. The summed E-state index contributed by atoms with van der Waals surface area (Å²) in [5.41, 5.74) is -6.78. The number of carbonyl (C=O) groups excluding carboxylic acids is 6. The highest BCUT2D eigenvalue weighted by Crippen LogP contribution is 2.70. The van der Waals surface area contributed by atoms with Gasteiger partial charge in [-0.25, -0.2) is 4.79 Å². The molecule has 2 saturated heterocycles. The lowest BCUT2D eigenvalue weighted by atomic mass is 9.49. The molecule has 256 valence electrons. The van der Waals surface area contributed by atoms with Crippen molar-refractivity contribution in [3.8, 4) is 0 Å². The van der Waals surface area contributed by atoms with Gasteiger partial charge in [0, 0.05) is 31.7 Å². The quantitative estimate of drug-likeness (QED) is 0.265. The van der Waals surface area contributed by atoms with E-state index >= 15 is 4.79 Å². The van der Waals surface area contributed by atoms with Crippen LogP contribution in [0, 0.1) is 28.1 Å². The van der Waals surface area contributed by atoms with Gasteiger partial charge >= 0.3 is 29.8 Å². The van der Waals surface area contributed by atoms with Gasteiger partial charge in [-0.2, -0.15) is 0 Å². The number of rotatable bonds is 6. The van der Waals surface area contributed by atoms with Crippen molar-refractivity contribution in [1.29, 1.82) is 0 Å². The van der Waals surface area contributed by atoms with Gasteiger partial charge in [0.2, 0.25) is 6.10 Å². The first-order valence-corrected chi connectivity index (χ1v) is 15.2. The summed E-state index contributed by atoms with van der Waals surface area (Å²) in [6.45, 7) is 13.9. The standard InChI is InChI=1S/C33H40O14/c1-14-21-23(38)31(7)19(12-20(37)41-9)30(5,6)26(44-16(3)35)22(43-15(2)34)27(31)47-33(14)28(45-17(4)36)29(40)46-25(18-10-11-42-13-18)32(33,8)24(21)39/h10-11,13,19,21-22,24-28,39H,1,12H2,2-9H3/t19-,21+,22-,24-,25-,26-,27-,28-,31-,32-,33+/m0/s1. The fourth-order valence-electron chi connectivity index (χ4n) is 8.87. The Morgan fingerprint density at radius 3 is 2.13 bits per heavy atom. The second-order valence-electron chi connectivity index (χ2n) is 13.8. The van der Waals surface area contributed by atoms with Crippen LogP contribution in [0.25, 0.3) is 0 Å². The molecular formula is C33H40O14. The first-order valence-electron chi connectivity index (χ1n) is 15.2. The van der Waals surface area contributed by atoms with Crippen LogP contribution in [-0.2, 0) is 57.2 Å². The fraction of sp³-hybridized carbons (Fsp3) is 0.636. The van der Waals surface area contributed by atoms with Crippen LogP contribution in [0.2, 0.25) is 0 Å². The number of aliphatic hydroxyl groups is 1. The summed E-state index contributed by atoms with van der Waals surface area (Å²) in [5.74, 6) is -7.34. The van der Waals surface area contributed by atoms with Crippen molar-refractivity contribution in [2.45, 2.75) is 97.1 Å². The fourth-order valence-corrected chi connectivity index (χ4v) is 8.87. The minimum Gasteiger partial charge on any atom is -0.472 e. The first kappa shape index (κ1) is 34.3. The average molecular weight is 661 g/mol.